The second kappa shape index (κ2) is 6.90. The summed E-state index contributed by atoms with van der Waals surface area (Å²) in [7, 11) is 1.17. The molecule has 4 nitrogen and oxygen atoms in total. The van der Waals surface area contributed by atoms with E-state index in [9.17, 15) is 14.0 Å². The van der Waals surface area contributed by atoms with Gasteiger partial charge in [-0.3, -0.25) is 4.79 Å². The number of hydrogen-bond donors (Lipinski definition) is 0. The van der Waals surface area contributed by atoms with Gasteiger partial charge in [0, 0.05) is 18.9 Å². The SMILES string of the molecule is COC(=O)c1cc(C=CCSC(C)=O)cnc1F. The highest BCUT2D eigenvalue weighted by atomic mass is 32.2. The monoisotopic (exact) mass is 269 g/mol. The van der Waals surface area contributed by atoms with Crippen LogP contribution in [0.25, 0.3) is 6.08 Å². The van der Waals surface area contributed by atoms with Gasteiger partial charge in [0.05, 0.1) is 7.11 Å². The molecule has 0 aliphatic heterocycles. The lowest BCUT2D eigenvalue weighted by Crippen LogP contribution is -2.06. The summed E-state index contributed by atoms with van der Waals surface area (Å²) in [5, 5.41) is 0.0205. The Morgan fingerprint density at radius 2 is 2.28 bits per heavy atom. The maximum Gasteiger partial charge on any atom is 0.342 e. The topological polar surface area (TPSA) is 56.3 Å². The Morgan fingerprint density at radius 1 is 1.56 bits per heavy atom. The number of methoxy groups -OCH3 is 1. The fourth-order valence-corrected chi connectivity index (χ4v) is 1.59. The molecule has 0 saturated heterocycles. The number of thioether (sulfide) groups is 1. The van der Waals surface area contributed by atoms with Crippen LogP contribution in [0.3, 0.4) is 0 Å². The summed E-state index contributed by atoms with van der Waals surface area (Å²) < 4.78 is 17.7. The van der Waals surface area contributed by atoms with E-state index in [1.807, 2.05) is 0 Å². The van der Waals surface area contributed by atoms with Crippen LogP contribution >= 0.6 is 11.8 Å². The van der Waals surface area contributed by atoms with Crippen LogP contribution in [0, 0.1) is 5.95 Å². The zero-order valence-corrected chi connectivity index (χ0v) is 10.8. The summed E-state index contributed by atoms with van der Waals surface area (Å²) in [6.45, 7) is 1.48. The lowest BCUT2D eigenvalue weighted by Gasteiger charge is -2.01. The first-order valence-corrected chi connectivity index (χ1v) is 6.07. The van der Waals surface area contributed by atoms with Gasteiger partial charge in [-0.15, -0.1) is 0 Å². The first-order chi connectivity index (χ1) is 8.54. The third-order valence-corrected chi connectivity index (χ3v) is 2.72. The van der Waals surface area contributed by atoms with Crippen molar-refractivity contribution >= 4 is 28.9 Å². The molecule has 0 radical (unpaired) electrons. The summed E-state index contributed by atoms with van der Waals surface area (Å²) in [5.74, 6) is -1.12. The van der Waals surface area contributed by atoms with Gasteiger partial charge in [0.2, 0.25) is 5.95 Å². The molecule has 1 heterocycles. The summed E-state index contributed by atoms with van der Waals surface area (Å²) in [4.78, 5) is 25.4. The van der Waals surface area contributed by atoms with Crippen LogP contribution < -0.4 is 0 Å². The minimum absolute atomic E-state index is 0.0205. The van der Waals surface area contributed by atoms with E-state index in [1.54, 1.807) is 12.2 Å². The molecule has 0 unspecified atom stereocenters. The van der Waals surface area contributed by atoms with Crippen molar-refractivity contribution in [2.75, 3.05) is 12.9 Å². The number of aromatic nitrogens is 1. The lowest BCUT2D eigenvalue weighted by atomic mass is 10.2. The number of nitrogens with zero attached hydrogens (tertiary/aromatic N) is 1. The van der Waals surface area contributed by atoms with Gasteiger partial charge in [-0.05, 0) is 11.6 Å². The highest BCUT2D eigenvalue weighted by molar-refractivity contribution is 8.13. The van der Waals surface area contributed by atoms with Gasteiger partial charge >= 0.3 is 5.97 Å². The van der Waals surface area contributed by atoms with E-state index in [4.69, 9.17) is 0 Å². The van der Waals surface area contributed by atoms with E-state index in [-0.39, 0.29) is 10.7 Å². The van der Waals surface area contributed by atoms with Gasteiger partial charge in [-0.25, -0.2) is 9.78 Å². The molecule has 0 aromatic carbocycles. The van der Waals surface area contributed by atoms with Crippen LogP contribution in [0.1, 0.15) is 22.8 Å². The second-order valence-electron chi connectivity index (χ2n) is 3.30. The van der Waals surface area contributed by atoms with E-state index >= 15 is 0 Å². The van der Waals surface area contributed by atoms with Crippen molar-refractivity contribution in [3.05, 3.63) is 35.4 Å². The molecule has 0 fully saturated rings. The Kier molecular flexibility index (Phi) is 5.51. The van der Waals surface area contributed by atoms with Gasteiger partial charge in [-0.2, -0.15) is 4.39 Å². The third-order valence-electron chi connectivity index (χ3n) is 1.96. The van der Waals surface area contributed by atoms with E-state index in [1.165, 1.54) is 26.3 Å². The minimum Gasteiger partial charge on any atom is -0.465 e. The number of rotatable bonds is 4. The largest absolute Gasteiger partial charge is 0.465 e. The number of carbonyl (C=O) groups excluding carboxylic acids is 2. The number of pyridine rings is 1. The Morgan fingerprint density at radius 3 is 2.89 bits per heavy atom. The van der Waals surface area contributed by atoms with Crippen LogP contribution in [-0.2, 0) is 9.53 Å². The molecule has 0 spiro atoms. The van der Waals surface area contributed by atoms with Gasteiger partial charge in [0.25, 0.3) is 0 Å². The van der Waals surface area contributed by atoms with Crippen molar-refractivity contribution in [3.63, 3.8) is 0 Å². The highest BCUT2D eigenvalue weighted by Gasteiger charge is 2.13. The summed E-state index contributed by atoms with van der Waals surface area (Å²) in [6.07, 6.45) is 4.70. The van der Waals surface area contributed by atoms with E-state index < -0.39 is 11.9 Å². The molecule has 1 rings (SSSR count). The van der Waals surface area contributed by atoms with Crippen LogP contribution in [0.4, 0.5) is 4.39 Å². The van der Waals surface area contributed by atoms with Crippen molar-refractivity contribution in [1.82, 2.24) is 4.98 Å². The van der Waals surface area contributed by atoms with Crippen molar-refractivity contribution in [3.8, 4) is 0 Å². The average Bonchev–Trinajstić information content (AvgIpc) is 2.35. The van der Waals surface area contributed by atoms with Crippen molar-refractivity contribution in [1.29, 1.82) is 0 Å². The lowest BCUT2D eigenvalue weighted by molar-refractivity contribution is -0.109. The van der Waals surface area contributed by atoms with Crippen LogP contribution in [0.15, 0.2) is 18.3 Å². The van der Waals surface area contributed by atoms with Gasteiger partial charge in [0.15, 0.2) is 5.12 Å². The maximum atomic E-state index is 13.2. The van der Waals surface area contributed by atoms with Crippen molar-refractivity contribution in [2.24, 2.45) is 0 Å². The average molecular weight is 269 g/mol. The Hall–Kier alpha value is -1.69. The van der Waals surface area contributed by atoms with E-state index in [2.05, 4.69) is 9.72 Å². The fourth-order valence-electron chi connectivity index (χ4n) is 1.16. The summed E-state index contributed by atoms with van der Waals surface area (Å²) in [5.41, 5.74) is 0.361. The number of hydrogen-bond acceptors (Lipinski definition) is 5. The molecule has 1 aromatic rings. The van der Waals surface area contributed by atoms with Crippen molar-refractivity contribution < 1.29 is 18.7 Å². The second-order valence-corrected chi connectivity index (χ2v) is 4.50. The normalized spacial score (nSPS) is 10.6. The zero-order chi connectivity index (χ0) is 13.5. The molecule has 0 atom stereocenters. The molecule has 0 aliphatic rings. The quantitative estimate of drug-likeness (QED) is 0.620. The third kappa shape index (κ3) is 4.29. The molecule has 0 aliphatic carbocycles. The fraction of sp³-hybridized carbons (Fsp3) is 0.250. The van der Waals surface area contributed by atoms with Crippen LogP contribution in [0.2, 0.25) is 0 Å². The summed E-state index contributed by atoms with van der Waals surface area (Å²) >= 11 is 1.16. The van der Waals surface area contributed by atoms with Gasteiger partial charge < -0.3 is 4.74 Å². The Balaban J connectivity index is 2.79. The molecular weight excluding hydrogens is 257 g/mol. The molecule has 0 saturated carbocycles. The van der Waals surface area contributed by atoms with E-state index in [0.717, 1.165) is 11.8 Å². The minimum atomic E-state index is -0.864. The predicted octanol–water partition coefficient (Wildman–Crippen LogP) is 2.30. The molecule has 0 N–H and O–H groups in total. The van der Waals surface area contributed by atoms with Crippen LogP contribution in [0.5, 0.6) is 0 Å². The van der Waals surface area contributed by atoms with E-state index in [0.29, 0.717) is 11.3 Å². The smallest absolute Gasteiger partial charge is 0.342 e. The number of halogens is 1. The Labute approximate surface area is 108 Å². The molecule has 96 valence electrons. The first kappa shape index (κ1) is 14.4. The predicted molar refractivity (Wildman–Crippen MR) is 67.7 cm³/mol. The zero-order valence-electron chi connectivity index (χ0n) is 9.97. The van der Waals surface area contributed by atoms with Crippen LogP contribution in [-0.4, -0.2) is 28.9 Å². The maximum absolute atomic E-state index is 13.2. The molecule has 6 heteroatoms. The standard InChI is InChI=1S/C12H12FNO3S/c1-8(15)18-5-3-4-9-6-10(12(16)17-2)11(13)14-7-9/h3-4,6-7H,5H2,1-2H3. The molecule has 0 amide bonds. The summed E-state index contributed by atoms with van der Waals surface area (Å²) in [6, 6.07) is 1.35. The molecule has 1 aromatic heterocycles. The molecular formula is C12H12FNO3S. The van der Waals surface area contributed by atoms with Crippen molar-refractivity contribution in [2.45, 2.75) is 6.92 Å². The number of carbonyl (C=O) groups is 2. The van der Waals surface area contributed by atoms with Gasteiger partial charge in [-0.1, -0.05) is 23.9 Å². The molecule has 18 heavy (non-hydrogen) atoms. The number of esters is 1. The highest BCUT2D eigenvalue weighted by Crippen LogP contribution is 2.11. The Bertz CT molecular complexity index is 488. The number of ether oxygens (including phenoxy) is 1. The molecule has 0 bridgehead atoms. The first-order valence-electron chi connectivity index (χ1n) is 5.08. The van der Waals surface area contributed by atoms with Gasteiger partial charge in [0.1, 0.15) is 5.56 Å².